The lowest BCUT2D eigenvalue weighted by molar-refractivity contribution is -0.137. The maximum Gasteiger partial charge on any atom is 0.417 e. The molecule has 0 aliphatic carbocycles. The lowest BCUT2D eigenvalue weighted by Gasteiger charge is -2.10. The molecule has 0 fully saturated rings. The van der Waals surface area contributed by atoms with Gasteiger partial charge in [0.25, 0.3) is 0 Å². The molecule has 2 heterocycles. The number of rotatable bonds is 2. The Balaban J connectivity index is 2.48. The summed E-state index contributed by atoms with van der Waals surface area (Å²) in [5, 5.41) is 0. The van der Waals surface area contributed by atoms with Gasteiger partial charge in [0.2, 0.25) is 11.6 Å². The largest absolute Gasteiger partial charge is 0.417 e. The number of alkyl halides is 3. The fourth-order valence-electron chi connectivity index (χ4n) is 1.45. The molecular formula is C12H8F3N3O. The second-order valence-electron chi connectivity index (χ2n) is 3.83. The van der Waals surface area contributed by atoms with E-state index in [-0.39, 0.29) is 5.82 Å². The molecule has 0 radical (unpaired) electrons. The zero-order valence-corrected chi connectivity index (χ0v) is 9.77. The van der Waals surface area contributed by atoms with E-state index in [9.17, 15) is 18.0 Å². The SMILES string of the molecule is Cc1cnc(C(=O)c2cnccc2C(F)(F)F)nc1. The first kappa shape index (κ1) is 13.1. The summed E-state index contributed by atoms with van der Waals surface area (Å²) < 4.78 is 38.3. The Labute approximate surface area is 106 Å². The van der Waals surface area contributed by atoms with Crippen LogP contribution in [0.4, 0.5) is 13.2 Å². The third-order valence-electron chi connectivity index (χ3n) is 2.36. The summed E-state index contributed by atoms with van der Waals surface area (Å²) in [5.74, 6) is -1.19. The van der Waals surface area contributed by atoms with E-state index >= 15 is 0 Å². The van der Waals surface area contributed by atoms with E-state index < -0.39 is 23.1 Å². The fourth-order valence-corrected chi connectivity index (χ4v) is 1.45. The Hall–Kier alpha value is -2.31. The molecule has 2 aromatic rings. The Kier molecular flexibility index (Phi) is 3.28. The lowest BCUT2D eigenvalue weighted by atomic mass is 10.1. The molecule has 0 aliphatic rings. The van der Waals surface area contributed by atoms with Gasteiger partial charge in [-0.15, -0.1) is 0 Å². The van der Waals surface area contributed by atoms with E-state index in [1.165, 1.54) is 12.4 Å². The minimum atomic E-state index is -4.63. The van der Waals surface area contributed by atoms with Crippen molar-refractivity contribution in [3.63, 3.8) is 0 Å². The standard InChI is InChI=1S/C12H8F3N3O/c1-7-4-17-11(18-5-7)10(19)8-6-16-3-2-9(8)12(13,14)15/h2-6H,1H3. The summed E-state index contributed by atoms with van der Waals surface area (Å²) in [6.07, 6.45) is -0.0453. The summed E-state index contributed by atoms with van der Waals surface area (Å²) in [4.78, 5) is 23.0. The normalized spacial score (nSPS) is 11.4. The molecule has 0 bridgehead atoms. The summed E-state index contributed by atoms with van der Waals surface area (Å²) in [5.41, 5.74) is -0.894. The summed E-state index contributed by atoms with van der Waals surface area (Å²) in [6, 6.07) is 0.751. The number of nitrogens with zero attached hydrogens (tertiary/aromatic N) is 3. The second kappa shape index (κ2) is 4.75. The molecular weight excluding hydrogens is 259 g/mol. The second-order valence-corrected chi connectivity index (χ2v) is 3.83. The lowest BCUT2D eigenvalue weighted by Crippen LogP contribution is -2.16. The summed E-state index contributed by atoms with van der Waals surface area (Å²) in [6.45, 7) is 1.71. The molecule has 0 atom stereocenters. The average Bonchev–Trinajstić information content (AvgIpc) is 2.38. The monoisotopic (exact) mass is 267 g/mol. The Bertz CT molecular complexity index is 608. The van der Waals surface area contributed by atoms with Crippen molar-refractivity contribution in [1.29, 1.82) is 0 Å². The van der Waals surface area contributed by atoms with Crippen LogP contribution in [0.3, 0.4) is 0 Å². The van der Waals surface area contributed by atoms with E-state index in [0.29, 0.717) is 5.56 Å². The van der Waals surface area contributed by atoms with E-state index in [0.717, 1.165) is 18.5 Å². The maximum absolute atomic E-state index is 12.8. The number of hydrogen-bond acceptors (Lipinski definition) is 4. The minimum absolute atomic E-state index is 0.288. The van der Waals surface area contributed by atoms with Crippen molar-refractivity contribution in [2.75, 3.05) is 0 Å². The molecule has 2 aromatic heterocycles. The molecule has 0 saturated carbocycles. The number of pyridine rings is 1. The van der Waals surface area contributed by atoms with Gasteiger partial charge in [0.15, 0.2) is 0 Å². The molecule has 98 valence electrons. The van der Waals surface area contributed by atoms with Crippen molar-refractivity contribution >= 4 is 5.78 Å². The molecule has 0 spiro atoms. The van der Waals surface area contributed by atoms with Gasteiger partial charge in [-0.3, -0.25) is 9.78 Å². The molecule has 0 amide bonds. The highest BCUT2D eigenvalue weighted by Crippen LogP contribution is 2.32. The van der Waals surface area contributed by atoms with Crippen molar-refractivity contribution in [2.24, 2.45) is 0 Å². The van der Waals surface area contributed by atoms with Crippen LogP contribution in [0, 0.1) is 6.92 Å². The minimum Gasteiger partial charge on any atom is -0.285 e. The van der Waals surface area contributed by atoms with Gasteiger partial charge in [-0.1, -0.05) is 0 Å². The van der Waals surface area contributed by atoms with Crippen molar-refractivity contribution in [1.82, 2.24) is 15.0 Å². The molecule has 19 heavy (non-hydrogen) atoms. The van der Waals surface area contributed by atoms with Crippen molar-refractivity contribution in [2.45, 2.75) is 13.1 Å². The molecule has 0 unspecified atom stereocenters. The number of carbonyl (C=O) groups excluding carboxylic acids is 1. The third-order valence-corrected chi connectivity index (χ3v) is 2.36. The molecule has 0 N–H and O–H groups in total. The van der Waals surface area contributed by atoms with Gasteiger partial charge in [-0.2, -0.15) is 13.2 Å². The molecule has 0 aromatic carbocycles. The van der Waals surface area contributed by atoms with Crippen LogP contribution in [-0.2, 0) is 6.18 Å². The van der Waals surface area contributed by atoms with E-state index in [1.807, 2.05) is 0 Å². The first-order chi connectivity index (χ1) is 8.89. The Morgan fingerprint density at radius 1 is 1.16 bits per heavy atom. The highest BCUT2D eigenvalue weighted by Gasteiger charge is 2.35. The smallest absolute Gasteiger partial charge is 0.285 e. The van der Waals surface area contributed by atoms with Gasteiger partial charge in [0.05, 0.1) is 11.1 Å². The first-order valence-corrected chi connectivity index (χ1v) is 5.24. The van der Waals surface area contributed by atoms with Gasteiger partial charge < -0.3 is 0 Å². The quantitative estimate of drug-likeness (QED) is 0.784. The molecule has 0 aliphatic heterocycles. The number of halogens is 3. The Morgan fingerprint density at radius 3 is 2.37 bits per heavy atom. The summed E-state index contributed by atoms with van der Waals surface area (Å²) in [7, 11) is 0. The molecule has 2 rings (SSSR count). The van der Waals surface area contributed by atoms with E-state index in [1.54, 1.807) is 6.92 Å². The predicted molar refractivity (Wildman–Crippen MR) is 59.4 cm³/mol. The van der Waals surface area contributed by atoms with Gasteiger partial charge in [0, 0.05) is 24.8 Å². The zero-order chi connectivity index (χ0) is 14.0. The Morgan fingerprint density at radius 2 is 1.79 bits per heavy atom. The van der Waals surface area contributed by atoms with Crippen LogP contribution in [0.5, 0.6) is 0 Å². The van der Waals surface area contributed by atoms with Gasteiger partial charge in [-0.05, 0) is 18.6 Å². The van der Waals surface area contributed by atoms with Crippen LogP contribution in [0.15, 0.2) is 30.9 Å². The molecule has 0 saturated heterocycles. The highest BCUT2D eigenvalue weighted by atomic mass is 19.4. The van der Waals surface area contributed by atoms with Crippen LogP contribution in [-0.4, -0.2) is 20.7 Å². The number of ketones is 1. The number of hydrogen-bond donors (Lipinski definition) is 0. The number of aromatic nitrogens is 3. The number of aryl methyl sites for hydroxylation is 1. The van der Waals surface area contributed by atoms with E-state index in [4.69, 9.17) is 0 Å². The predicted octanol–water partition coefficient (Wildman–Crippen LogP) is 2.43. The van der Waals surface area contributed by atoms with Crippen LogP contribution in [0.2, 0.25) is 0 Å². The van der Waals surface area contributed by atoms with Crippen LogP contribution < -0.4 is 0 Å². The number of carbonyl (C=O) groups is 1. The topological polar surface area (TPSA) is 55.7 Å². The maximum atomic E-state index is 12.8. The first-order valence-electron chi connectivity index (χ1n) is 5.24. The van der Waals surface area contributed by atoms with Crippen molar-refractivity contribution < 1.29 is 18.0 Å². The van der Waals surface area contributed by atoms with Crippen LogP contribution >= 0.6 is 0 Å². The van der Waals surface area contributed by atoms with Gasteiger partial charge >= 0.3 is 6.18 Å². The third kappa shape index (κ3) is 2.75. The van der Waals surface area contributed by atoms with Crippen molar-refractivity contribution in [3.05, 3.63) is 53.4 Å². The molecule has 4 nitrogen and oxygen atoms in total. The highest BCUT2D eigenvalue weighted by molar-refractivity contribution is 6.07. The van der Waals surface area contributed by atoms with Gasteiger partial charge in [0.1, 0.15) is 0 Å². The van der Waals surface area contributed by atoms with Crippen LogP contribution in [0.25, 0.3) is 0 Å². The summed E-state index contributed by atoms with van der Waals surface area (Å²) >= 11 is 0. The molecule has 7 heteroatoms. The van der Waals surface area contributed by atoms with Crippen molar-refractivity contribution in [3.8, 4) is 0 Å². The van der Waals surface area contributed by atoms with Gasteiger partial charge in [-0.25, -0.2) is 9.97 Å². The van der Waals surface area contributed by atoms with Crippen LogP contribution in [0.1, 0.15) is 27.3 Å². The zero-order valence-electron chi connectivity index (χ0n) is 9.77. The fraction of sp³-hybridized carbons (Fsp3) is 0.167. The average molecular weight is 267 g/mol. The van der Waals surface area contributed by atoms with E-state index in [2.05, 4.69) is 15.0 Å².